The third-order valence-electron chi connectivity index (χ3n) is 2.70. The van der Waals surface area contributed by atoms with E-state index in [1.165, 1.54) is 19.2 Å². The van der Waals surface area contributed by atoms with Gasteiger partial charge < -0.3 is 15.2 Å². The van der Waals surface area contributed by atoms with E-state index >= 15 is 0 Å². The summed E-state index contributed by atoms with van der Waals surface area (Å²) in [5, 5.41) is 10.8. The summed E-state index contributed by atoms with van der Waals surface area (Å²) in [5.41, 5.74) is -1.56. The molecule has 0 aromatic heterocycles. The molecule has 116 valence electrons. The molecule has 1 unspecified atom stereocenters. The van der Waals surface area contributed by atoms with Gasteiger partial charge in [-0.15, -0.1) is 0 Å². The molecule has 1 rings (SSSR count). The number of benzene rings is 1. The standard InChI is InChI=1S/C13H14F3NO4/c1-21-8(6-11(18)19)7-17-12(20)9-4-2-3-5-10(9)13(14,15)16/h2-5,8H,6-7H2,1H3,(H,17,20)(H,18,19). The van der Waals surface area contributed by atoms with Crippen LogP contribution in [0.5, 0.6) is 0 Å². The molecule has 0 aliphatic carbocycles. The highest BCUT2D eigenvalue weighted by Crippen LogP contribution is 2.31. The summed E-state index contributed by atoms with van der Waals surface area (Å²) >= 11 is 0. The third-order valence-corrected chi connectivity index (χ3v) is 2.70. The molecule has 0 spiro atoms. The van der Waals surface area contributed by atoms with Crippen LogP contribution >= 0.6 is 0 Å². The van der Waals surface area contributed by atoms with Crippen molar-refractivity contribution in [3.05, 3.63) is 35.4 Å². The number of carboxylic acids is 1. The number of aliphatic carboxylic acids is 1. The van der Waals surface area contributed by atoms with Crippen LogP contribution in [0.3, 0.4) is 0 Å². The van der Waals surface area contributed by atoms with Gasteiger partial charge >= 0.3 is 12.1 Å². The molecule has 0 heterocycles. The Bertz CT molecular complexity index is 516. The van der Waals surface area contributed by atoms with Gasteiger partial charge in [0.05, 0.1) is 23.7 Å². The minimum absolute atomic E-state index is 0.201. The molecule has 21 heavy (non-hydrogen) atoms. The van der Waals surface area contributed by atoms with Gasteiger partial charge in [0.1, 0.15) is 0 Å². The van der Waals surface area contributed by atoms with Crippen molar-refractivity contribution >= 4 is 11.9 Å². The average molecular weight is 305 g/mol. The monoisotopic (exact) mass is 305 g/mol. The number of hydrogen-bond donors (Lipinski definition) is 2. The Morgan fingerprint density at radius 3 is 2.48 bits per heavy atom. The maximum Gasteiger partial charge on any atom is 0.417 e. The Morgan fingerprint density at radius 2 is 1.95 bits per heavy atom. The topological polar surface area (TPSA) is 75.6 Å². The lowest BCUT2D eigenvalue weighted by molar-refractivity contribution is -0.139. The van der Waals surface area contributed by atoms with Crippen molar-refractivity contribution in [2.45, 2.75) is 18.7 Å². The molecule has 8 heteroatoms. The van der Waals surface area contributed by atoms with Crippen molar-refractivity contribution in [3.63, 3.8) is 0 Å². The maximum atomic E-state index is 12.8. The minimum atomic E-state index is -4.64. The van der Waals surface area contributed by atoms with E-state index in [4.69, 9.17) is 9.84 Å². The van der Waals surface area contributed by atoms with Gasteiger partial charge in [0.25, 0.3) is 5.91 Å². The zero-order valence-corrected chi connectivity index (χ0v) is 11.1. The number of alkyl halides is 3. The van der Waals surface area contributed by atoms with Gasteiger partial charge in [-0.2, -0.15) is 13.2 Å². The second kappa shape index (κ2) is 7.07. The number of ether oxygens (including phenoxy) is 1. The van der Waals surface area contributed by atoms with Gasteiger partial charge in [-0.05, 0) is 12.1 Å². The van der Waals surface area contributed by atoms with Crippen LogP contribution in [0.25, 0.3) is 0 Å². The van der Waals surface area contributed by atoms with Crippen LogP contribution in [0.2, 0.25) is 0 Å². The molecule has 0 fully saturated rings. The molecule has 5 nitrogen and oxygen atoms in total. The van der Waals surface area contributed by atoms with Crippen LogP contribution in [-0.4, -0.2) is 36.7 Å². The highest BCUT2D eigenvalue weighted by atomic mass is 19.4. The molecule has 2 N–H and O–H groups in total. The predicted molar refractivity (Wildman–Crippen MR) is 66.8 cm³/mol. The minimum Gasteiger partial charge on any atom is -0.481 e. The van der Waals surface area contributed by atoms with E-state index in [1.54, 1.807) is 0 Å². The summed E-state index contributed by atoms with van der Waals surface area (Å²) in [4.78, 5) is 22.3. The molecule has 1 atom stereocenters. The summed E-state index contributed by atoms with van der Waals surface area (Å²) in [5.74, 6) is -2.07. The largest absolute Gasteiger partial charge is 0.481 e. The predicted octanol–water partition coefficient (Wildman–Crippen LogP) is 1.92. The van der Waals surface area contributed by atoms with E-state index in [-0.39, 0.29) is 13.0 Å². The smallest absolute Gasteiger partial charge is 0.417 e. The first-order valence-corrected chi connectivity index (χ1v) is 5.94. The van der Waals surface area contributed by atoms with Crippen molar-refractivity contribution in [1.82, 2.24) is 5.32 Å². The fourth-order valence-electron chi connectivity index (χ4n) is 1.66. The molecule has 0 bridgehead atoms. The van der Waals surface area contributed by atoms with E-state index in [0.29, 0.717) is 0 Å². The lowest BCUT2D eigenvalue weighted by Gasteiger charge is -2.16. The average Bonchev–Trinajstić information content (AvgIpc) is 2.41. The van der Waals surface area contributed by atoms with Gasteiger partial charge in [0.2, 0.25) is 0 Å². The van der Waals surface area contributed by atoms with Crippen LogP contribution in [0.15, 0.2) is 24.3 Å². The number of halogens is 3. The Morgan fingerprint density at radius 1 is 1.33 bits per heavy atom. The first-order chi connectivity index (χ1) is 9.75. The fraction of sp³-hybridized carbons (Fsp3) is 0.385. The summed E-state index contributed by atoms with van der Waals surface area (Å²) in [6, 6.07) is 4.36. The van der Waals surface area contributed by atoms with Crippen molar-refractivity contribution in [2.24, 2.45) is 0 Å². The number of nitrogens with one attached hydrogen (secondary N) is 1. The number of carboxylic acid groups (broad SMARTS) is 1. The first-order valence-electron chi connectivity index (χ1n) is 5.94. The summed E-state index contributed by atoms with van der Waals surface area (Å²) in [7, 11) is 1.25. The lowest BCUT2D eigenvalue weighted by Crippen LogP contribution is -2.35. The molecule has 1 aromatic carbocycles. The first kappa shape index (κ1) is 17.0. The molecular weight excluding hydrogens is 291 g/mol. The van der Waals surface area contributed by atoms with E-state index in [0.717, 1.165) is 12.1 Å². The Balaban J connectivity index is 2.79. The van der Waals surface area contributed by atoms with Gasteiger partial charge in [0.15, 0.2) is 0 Å². The zero-order valence-electron chi connectivity index (χ0n) is 11.1. The van der Waals surface area contributed by atoms with Crippen LogP contribution < -0.4 is 5.32 Å². The van der Waals surface area contributed by atoms with Gasteiger partial charge in [-0.25, -0.2) is 0 Å². The van der Waals surface area contributed by atoms with E-state index < -0.39 is 35.3 Å². The van der Waals surface area contributed by atoms with Gasteiger partial charge in [-0.3, -0.25) is 9.59 Å². The van der Waals surface area contributed by atoms with Crippen LogP contribution in [0, 0.1) is 0 Å². The number of carbonyl (C=O) groups is 2. The number of rotatable bonds is 6. The Kier molecular flexibility index (Phi) is 5.71. The molecule has 0 aliphatic heterocycles. The summed E-state index contributed by atoms with van der Waals surface area (Å²) in [6.45, 7) is -0.201. The molecule has 0 radical (unpaired) electrons. The molecule has 1 aromatic rings. The molecule has 1 amide bonds. The van der Waals surface area contributed by atoms with Crippen LogP contribution in [0.1, 0.15) is 22.3 Å². The zero-order chi connectivity index (χ0) is 16.0. The highest BCUT2D eigenvalue weighted by molar-refractivity contribution is 5.95. The van der Waals surface area contributed by atoms with Gasteiger partial charge in [-0.1, -0.05) is 12.1 Å². The van der Waals surface area contributed by atoms with Crippen molar-refractivity contribution in [2.75, 3.05) is 13.7 Å². The number of carbonyl (C=O) groups excluding carboxylic acids is 1. The Labute approximate surface area is 118 Å². The summed E-state index contributed by atoms with van der Waals surface area (Å²) < 4.78 is 43.1. The van der Waals surface area contributed by atoms with Crippen molar-refractivity contribution in [3.8, 4) is 0 Å². The normalized spacial score (nSPS) is 12.8. The van der Waals surface area contributed by atoms with E-state index in [2.05, 4.69) is 5.32 Å². The molecule has 0 saturated carbocycles. The SMILES string of the molecule is COC(CNC(=O)c1ccccc1C(F)(F)F)CC(=O)O. The van der Waals surface area contributed by atoms with Crippen LogP contribution in [-0.2, 0) is 15.7 Å². The number of methoxy groups -OCH3 is 1. The van der Waals surface area contributed by atoms with Crippen molar-refractivity contribution in [1.29, 1.82) is 0 Å². The van der Waals surface area contributed by atoms with Crippen molar-refractivity contribution < 1.29 is 32.6 Å². The molecular formula is C13H14F3NO4. The Hall–Kier alpha value is -2.09. The highest BCUT2D eigenvalue weighted by Gasteiger charge is 2.34. The summed E-state index contributed by atoms with van der Waals surface area (Å²) in [6.07, 6.45) is -5.82. The number of amides is 1. The third kappa shape index (κ3) is 5.07. The molecule has 0 aliphatic rings. The second-order valence-electron chi connectivity index (χ2n) is 4.21. The molecule has 0 saturated heterocycles. The van der Waals surface area contributed by atoms with E-state index in [1.807, 2.05) is 0 Å². The lowest BCUT2D eigenvalue weighted by atomic mass is 10.1. The van der Waals surface area contributed by atoms with Gasteiger partial charge in [0, 0.05) is 13.7 Å². The number of hydrogen-bond acceptors (Lipinski definition) is 3. The maximum absolute atomic E-state index is 12.8. The van der Waals surface area contributed by atoms with Crippen LogP contribution in [0.4, 0.5) is 13.2 Å². The van der Waals surface area contributed by atoms with E-state index in [9.17, 15) is 22.8 Å². The second-order valence-corrected chi connectivity index (χ2v) is 4.21. The quantitative estimate of drug-likeness (QED) is 0.842. The fourth-order valence-corrected chi connectivity index (χ4v) is 1.66.